The number of Topliss-reactive ketones (excluding diaryl/α,β-unsaturated/α-hetero) is 1. The Balaban J connectivity index is 1.55. The van der Waals surface area contributed by atoms with Crippen LogP contribution < -0.4 is 14.2 Å². The molecule has 0 saturated carbocycles. The maximum Gasteiger partial charge on any atom is 0.232 e. The summed E-state index contributed by atoms with van der Waals surface area (Å²) >= 11 is 5.97. The molecule has 0 aliphatic carbocycles. The van der Waals surface area contributed by atoms with Gasteiger partial charge >= 0.3 is 0 Å². The zero-order chi connectivity index (χ0) is 19.5. The maximum atomic E-state index is 12.5. The van der Waals surface area contributed by atoms with E-state index in [1.54, 1.807) is 37.5 Å². The molecule has 5 heteroatoms. The molecule has 0 saturated heterocycles. The van der Waals surface area contributed by atoms with Gasteiger partial charge in [-0.15, -0.1) is 0 Å². The quantitative estimate of drug-likeness (QED) is 0.534. The Hall–Kier alpha value is -3.24. The van der Waals surface area contributed by atoms with Gasteiger partial charge in [-0.1, -0.05) is 48.0 Å². The first-order valence-electron chi connectivity index (χ1n) is 8.72. The van der Waals surface area contributed by atoms with E-state index in [1.165, 1.54) is 0 Å². The Morgan fingerprint density at radius 1 is 1.00 bits per heavy atom. The zero-order valence-electron chi connectivity index (χ0n) is 15.1. The lowest BCUT2D eigenvalue weighted by Crippen LogP contribution is -1.99. The highest BCUT2D eigenvalue weighted by Crippen LogP contribution is 2.35. The van der Waals surface area contributed by atoms with Crippen molar-refractivity contribution in [2.24, 2.45) is 0 Å². The zero-order valence-corrected chi connectivity index (χ0v) is 15.9. The number of ketones is 1. The number of rotatable bonds is 5. The summed E-state index contributed by atoms with van der Waals surface area (Å²) in [6, 6.07) is 20.4. The molecule has 4 nitrogen and oxygen atoms in total. The first-order chi connectivity index (χ1) is 13.6. The summed E-state index contributed by atoms with van der Waals surface area (Å²) in [7, 11) is 1.58. The van der Waals surface area contributed by atoms with Crippen molar-refractivity contribution in [3.05, 3.63) is 94.2 Å². The number of carbonyl (C=O) groups is 1. The SMILES string of the molecule is COc1cc(/C=C2\Oc3ccc(Cl)cc3C2=O)ccc1OCc1ccccc1. The van der Waals surface area contributed by atoms with E-state index in [2.05, 4.69) is 0 Å². The molecule has 0 fully saturated rings. The summed E-state index contributed by atoms with van der Waals surface area (Å²) in [6.45, 7) is 0.440. The Morgan fingerprint density at radius 3 is 2.61 bits per heavy atom. The second-order valence-corrected chi connectivity index (χ2v) is 6.70. The molecule has 28 heavy (non-hydrogen) atoms. The standard InChI is InChI=1S/C23H17ClO4/c1-26-21-11-16(7-9-20(21)27-14-15-5-3-2-4-6-15)12-22-23(25)18-13-17(24)8-10-19(18)28-22/h2-13H,14H2,1H3/b22-12-. The average molecular weight is 393 g/mol. The summed E-state index contributed by atoms with van der Waals surface area (Å²) in [5.74, 6) is 1.77. The van der Waals surface area contributed by atoms with E-state index in [-0.39, 0.29) is 11.5 Å². The summed E-state index contributed by atoms with van der Waals surface area (Å²) in [5.41, 5.74) is 2.30. The topological polar surface area (TPSA) is 44.8 Å². The largest absolute Gasteiger partial charge is 0.493 e. The minimum absolute atomic E-state index is 0.194. The number of hydrogen-bond donors (Lipinski definition) is 0. The maximum absolute atomic E-state index is 12.5. The van der Waals surface area contributed by atoms with Gasteiger partial charge in [0.25, 0.3) is 0 Å². The molecule has 1 aliphatic heterocycles. The first kappa shape index (κ1) is 18.1. The van der Waals surface area contributed by atoms with Crippen LogP contribution in [0.15, 0.2) is 72.5 Å². The molecule has 1 heterocycles. The predicted octanol–water partition coefficient (Wildman–Crippen LogP) is 5.54. The Bertz CT molecular complexity index is 1060. The molecular formula is C23H17ClO4. The van der Waals surface area contributed by atoms with Gasteiger partial charge in [-0.2, -0.15) is 0 Å². The van der Waals surface area contributed by atoms with Crippen molar-refractivity contribution in [2.45, 2.75) is 6.61 Å². The predicted molar refractivity (Wildman–Crippen MR) is 108 cm³/mol. The molecule has 0 atom stereocenters. The number of methoxy groups -OCH3 is 1. The van der Waals surface area contributed by atoms with E-state index < -0.39 is 0 Å². The lowest BCUT2D eigenvalue weighted by Gasteiger charge is -2.11. The van der Waals surface area contributed by atoms with Gasteiger partial charge in [0.05, 0.1) is 12.7 Å². The van der Waals surface area contributed by atoms with Crippen molar-refractivity contribution in [3.8, 4) is 17.2 Å². The number of halogens is 1. The number of hydrogen-bond acceptors (Lipinski definition) is 4. The van der Waals surface area contributed by atoms with Gasteiger partial charge in [-0.05, 0) is 47.5 Å². The van der Waals surface area contributed by atoms with E-state index >= 15 is 0 Å². The number of allylic oxidation sites excluding steroid dienone is 1. The van der Waals surface area contributed by atoms with E-state index in [1.807, 2.05) is 42.5 Å². The number of carbonyl (C=O) groups excluding carboxylic acids is 1. The van der Waals surface area contributed by atoms with Crippen LogP contribution in [0.2, 0.25) is 5.02 Å². The fourth-order valence-corrected chi connectivity index (χ4v) is 3.11. The van der Waals surface area contributed by atoms with Gasteiger partial charge in [-0.3, -0.25) is 4.79 Å². The first-order valence-corrected chi connectivity index (χ1v) is 9.10. The van der Waals surface area contributed by atoms with E-state index in [4.69, 9.17) is 25.8 Å². The highest BCUT2D eigenvalue weighted by atomic mass is 35.5. The molecule has 0 N–H and O–H groups in total. The van der Waals surface area contributed by atoms with Crippen LogP contribution >= 0.6 is 11.6 Å². The van der Waals surface area contributed by atoms with Crippen LogP contribution in [-0.4, -0.2) is 12.9 Å². The third-order valence-corrected chi connectivity index (χ3v) is 4.59. The van der Waals surface area contributed by atoms with Crippen molar-refractivity contribution in [2.75, 3.05) is 7.11 Å². The fraction of sp³-hybridized carbons (Fsp3) is 0.0870. The van der Waals surface area contributed by atoms with Gasteiger partial charge < -0.3 is 14.2 Å². The van der Waals surface area contributed by atoms with Gasteiger partial charge in [0.1, 0.15) is 12.4 Å². The lowest BCUT2D eigenvalue weighted by molar-refractivity contribution is 0.101. The van der Waals surface area contributed by atoms with Gasteiger partial charge in [-0.25, -0.2) is 0 Å². The Morgan fingerprint density at radius 2 is 1.82 bits per heavy atom. The second-order valence-electron chi connectivity index (χ2n) is 6.26. The average Bonchev–Trinajstić information content (AvgIpc) is 3.02. The smallest absolute Gasteiger partial charge is 0.232 e. The van der Waals surface area contributed by atoms with Crippen molar-refractivity contribution < 1.29 is 19.0 Å². The number of fused-ring (bicyclic) bond motifs is 1. The molecule has 3 aromatic rings. The van der Waals surface area contributed by atoms with E-state index in [9.17, 15) is 4.79 Å². The van der Waals surface area contributed by atoms with Crippen molar-refractivity contribution in [1.29, 1.82) is 0 Å². The van der Waals surface area contributed by atoms with Crippen LogP contribution in [0.3, 0.4) is 0 Å². The molecule has 0 amide bonds. The second kappa shape index (κ2) is 7.79. The van der Waals surface area contributed by atoms with Crippen LogP contribution in [0.1, 0.15) is 21.5 Å². The van der Waals surface area contributed by atoms with Gasteiger partial charge in [0.2, 0.25) is 5.78 Å². The summed E-state index contributed by atoms with van der Waals surface area (Å²) < 4.78 is 17.0. The van der Waals surface area contributed by atoms with E-state index in [0.29, 0.717) is 34.4 Å². The third-order valence-electron chi connectivity index (χ3n) is 4.35. The molecule has 4 rings (SSSR count). The molecule has 3 aromatic carbocycles. The third kappa shape index (κ3) is 3.73. The molecule has 140 valence electrons. The highest BCUT2D eigenvalue weighted by Gasteiger charge is 2.27. The van der Waals surface area contributed by atoms with Gasteiger partial charge in [0.15, 0.2) is 17.3 Å². The molecule has 0 bridgehead atoms. The van der Waals surface area contributed by atoms with Crippen LogP contribution in [0.25, 0.3) is 6.08 Å². The monoisotopic (exact) mass is 392 g/mol. The van der Waals surface area contributed by atoms with Crippen LogP contribution in [0.5, 0.6) is 17.2 Å². The summed E-state index contributed by atoms with van der Waals surface area (Å²) in [6.07, 6.45) is 1.68. The number of benzene rings is 3. The molecule has 0 spiro atoms. The molecule has 1 aliphatic rings. The number of ether oxygens (including phenoxy) is 3. The van der Waals surface area contributed by atoms with Crippen LogP contribution in [-0.2, 0) is 6.61 Å². The van der Waals surface area contributed by atoms with Crippen LogP contribution in [0.4, 0.5) is 0 Å². The van der Waals surface area contributed by atoms with E-state index in [0.717, 1.165) is 11.1 Å². The van der Waals surface area contributed by atoms with Crippen LogP contribution in [0, 0.1) is 0 Å². The molecule has 0 aromatic heterocycles. The fourth-order valence-electron chi connectivity index (χ4n) is 2.94. The Labute approximate surface area is 167 Å². The molecule has 0 radical (unpaired) electrons. The summed E-state index contributed by atoms with van der Waals surface area (Å²) in [4.78, 5) is 12.5. The lowest BCUT2D eigenvalue weighted by atomic mass is 10.1. The molecule has 0 unspecified atom stereocenters. The van der Waals surface area contributed by atoms with Crippen molar-refractivity contribution >= 4 is 23.5 Å². The minimum atomic E-state index is -0.194. The minimum Gasteiger partial charge on any atom is -0.493 e. The van der Waals surface area contributed by atoms with Crippen molar-refractivity contribution in [3.63, 3.8) is 0 Å². The highest BCUT2D eigenvalue weighted by molar-refractivity contribution is 6.31. The van der Waals surface area contributed by atoms with Crippen molar-refractivity contribution in [1.82, 2.24) is 0 Å². The Kier molecular flexibility index (Phi) is 5.04. The summed E-state index contributed by atoms with van der Waals surface area (Å²) in [5, 5.41) is 0.499. The molecular weight excluding hydrogens is 376 g/mol. The van der Waals surface area contributed by atoms with Gasteiger partial charge in [0, 0.05) is 5.02 Å². The normalized spacial score (nSPS) is 13.9.